The monoisotopic (exact) mass is 325 g/mol. The molecule has 0 radical (unpaired) electrons. The Labute approximate surface area is 112 Å². The molecule has 1 aromatic rings. The van der Waals surface area contributed by atoms with E-state index in [4.69, 9.17) is 0 Å². The van der Waals surface area contributed by atoms with Crippen molar-refractivity contribution in [1.29, 1.82) is 0 Å². The summed E-state index contributed by atoms with van der Waals surface area (Å²) in [6.07, 6.45) is -4.21. The molecule has 0 saturated heterocycles. The molecule has 0 spiro atoms. The van der Waals surface area contributed by atoms with Crippen molar-refractivity contribution in [3.63, 3.8) is 0 Å². The third-order valence-corrected chi connectivity index (χ3v) is 3.09. The molecule has 0 aliphatic rings. The van der Waals surface area contributed by atoms with E-state index in [0.29, 0.717) is 24.0 Å². The molecule has 2 nitrogen and oxygen atoms in total. The molecular formula is C12H15BrF3NO. The Bertz CT molecular complexity index is 382. The van der Waals surface area contributed by atoms with Crippen LogP contribution >= 0.6 is 15.9 Å². The number of phenolic OH excluding ortho intramolecular Hbond substituents is 1. The molecule has 102 valence electrons. The lowest BCUT2D eigenvalue weighted by molar-refractivity contribution is -0.135. The number of halogens is 4. The van der Waals surface area contributed by atoms with Crippen LogP contribution in [0.5, 0.6) is 5.75 Å². The molecule has 0 aliphatic carbocycles. The van der Waals surface area contributed by atoms with Crippen molar-refractivity contribution >= 4 is 15.9 Å². The molecule has 6 heteroatoms. The number of hydrogen-bond acceptors (Lipinski definition) is 2. The fraction of sp³-hybridized carbons (Fsp3) is 0.500. The number of phenols is 1. The average Bonchev–Trinajstić information content (AvgIpc) is 2.27. The summed E-state index contributed by atoms with van der Waals surface area (Å²) in [7, 11) is 0. The summed E-state index contributed by atoms with van der Waals surface area (Å²) in [5.74, 6) is 0.167. The number of hydrogen-bond donors (Lipinski definition) is 2. The normalized spacial score (nSPS) is 11.8. The Morgan fingerprint density at radius 2 is 1.94 bits per heavy atom. The first-order chi connectivity index (χ1) is 8.40. The molecule has 2 N–H and O–H groups in total. The molecule has 0 unspecified atom stereocenters. The van der Waals surface area contributed by atoms with Crippen LogP contribution in [-0.4, -0.2) is 17.8 Å². The van der Waals surface area contributed by atoms with Crippen molar-refractivity contribution in [3.05, 3.63) is 28.2 Å². The molecule has 0 aliphatic heterocycles. The zero-order chi connectivity index (χ0) is 13.6. The number of alkyl halides is 3. The van der Waals surface area contributed by atoms with Crippen LogP contribution in [0.3, 0.4) is 0 Å². The van der Waals surface area contributed by atoms with Crippen molar-refractivity contribution in [2.75, 3.05) is 6.54 Å². The molecule has 0 heterocycles. The van der Waals surface area contributed by atoms with E-state index in [1.807, 2.05) is 0 Å². The highest BCUT2D eigenvalue weighted by Crippen LogP contribution is 2.27. The second-order valence-corrected chi connectivity index (χ2v) is 4.85. The maximum atomic E-state index is 11.9. The van der Waals surface area contributed by atoms with E-state index in [-0.39, 0.29) is 12.2 Å². The number of rotatable bonds is 6. The van der Waals surface area contributed by atoms with Gasteiger partial charge in [0.15, 0.2) is 0 Å². The Morgan fingerprint density at radius 3 is 2.61 bits per heavy atom. The van der Waals surface area contributed by atoms with Gasteiger partial charge in [0.25, 0.3) is 0 Å². The number of unbranched alkanes of at least 4 members (excludes halogenated alkanes) is 1. The van der Waals surface area contributed by atoms with Crippen molar-refractivity contribution in [2.45, 2.75) is 32.0 Å². The quantitative estimate of drug-likeness (QED) is 0.775. The number of benzene rings is 1. The lowest BCUT2D eigenvalue weighted by atomic mass is 10.2. The van der Waals surface area contributed by atoms with Gasteiger partial charge in [0.2, 0.25) is 0 Å². The fourth-order valence-electron chi connectivity index (χ4n) is 1.50. The van der Waals surface area contributed by atoms with Crippen LogP contribution in [0, 0.1) is 0 Å². The summed E-state index contributed by atoms with van der Waals surface area (Å²) < 4.78 is 36.2. The van der Waals surface area contributed by atoms with E-state index in [2.05, 4.69) is 21.2 Å². The van der Waals surface area contributed by atoms with Gasteiger partial charge >= 0.3 is 6.18 Å². The summed E-state index contributed by atoms with van der Waals surface area (Å²) in [4.78, 5) is 0. The van der Waals surface area contributed by atoms with E-state index in [1.54, 1.807) is 18.2 Å². The van der Waals surface area contributed by atoms with Gasteiger partial charge in [0, 0.05) is 18.5 Å². The van der Waals surface area contributed by atoms with Crippen molar-refractivity contribution in [2.24, 2.45) is 0 Å². The lowest BCUT2D eigenvalue weighted by Gasteiger charge is -2.08. The highest BCUT2D eigenvalue weighted by atomic mass is 79.9. The average molecular weight is 326 g/mol. The predicted octanol–water partition coefficient (Wildman–Crippen LogP) is 3.98. The van der Waals surface area contributed by atoms with Crippen LogP contribution < -0.4 is 5.32 Å². The molecule has 0 bridgehead atoms. The Balaban J connectivity index is 2.20. The SMILES string of the molecule is Oc1c(Br)cccc1CNCCCCC(F)(F)F. The van der Waals surface area contributed by atoms with Gasteiger partial charge in [0.1, 0.15) is 5.75 Å². The molecule has 1 rings (SSSR count). The van der Waals surface area contributed by atoms with Crippen LogP contribution in [0.2, 0.25) is 0 Å². The summed E-state index contributed by atoms with van der Waals surface area (Å²) in [6.45, 7) is 0.944. The van der Waals surface area contributed by atoms with Gasteiger partial charge < -0.3 is 10.4 Å². The van der Waals surface area contributed by atoms with Gasteiger partial charge in [-0.15, -0.1) is 0 Å². The molecule has 0 saturated carbocycles. The fourth-order valence-corrected chi connectivity index (χ4v) is 1.91. The number of para-hydroxylation sites is 1. The Hall–Kier alpha value is -0.750. The van der Waals surface area contributed by atoms with Gasteiger partial charge in [0.05, 0.1) is 4.47 Å². The first-order valence-corrected chi connectivity index (χ1v) is 6.43. The zero-order valence-electron chi connectivity index (χ0n) is 9.73. The summed E-state index contributed by atoms with van der Waals surface area (Å²) >= 11 is 3.20. The molecule has 0 aromatic heterocycles. The maximum absolute atomic E-state index is 11.9. The minimum Gasteiger partial charge on any atom is -0.506 e. The number of nitrogens with one attached hydrogen (secondary N) is 1. The molecule has 1 aromatic carbocycles. The Morgan fingerprint density at radius 1 is 1.22 bits per heavy atom. The van der Waals surface area contributed by atoms with E-state index in [9.17, 15) is 18.3 Å². The van der Waals surface area contributed by atoms with E-state index < -0.39 is 12.6 Å². The largest absolute Gasteiger partial charge is 0.506 e. The molecule has 0 amide bonds. The van der Waals surface area contributed by atoms with E-state index >= 15 is 0 Å². The van der Waals surface area contributed by atoms with Crippen LogP contribution in [-0.2, 0) is 6.54 Å². The van der Waals surface area contributed by atoms with Crippen molar-refractivity contribution in [3.8, 4) is 5.75 Å². The minimum atomic E-state index is -4.07. The molecule has 18 heavy (non-hydrogen) atoms. The minimum absolute atomic E-state index is 0.126. The first kappa shape index (κ1) is 15.3. The van der Waals surface area contributed by atoms with Gasteiger partial charge in [-0.2, -0.15) is 13.2 Å². The van der Waals surface area contributed by atoms with Crippen LogP contribution in [0.25, 0.3) is 0 Å². The third kappa shape index (κ3) is 5.73. The van der Waals surface area contributed by atoms with E-state index in [0.717, 1.165) is 5.56 Å². The highest BCUT2D eigenvalue weighted by molar-refractivity contribution is 9.10. The zero-order valence-corrected chi connectivity index (χ0v) is 11.3. The summed E-state index contributed by atoms with van der Waals surface area (Å²) in [6, 6.07) is 5.29. The van der Waals surface area contributed by atoms with Crippen LogP contribution in [0.1, 0.15) is 24.8 Å². The summed E-state index contributed by atoms with van der Waals surface area (Å²) in [5, 5.41) is 12.7. The van der Waals surface area contributed by atoms with Gasteiger partial charge in [-0.1, -0.05) is 12.1 Å². The first-order valence-electron chi connectivity index (χ1n) is 5.64. The van der Waals surface area contributed by atoms with Crippen LogP contribution in [0.15, 0.2) is 22.7 Å². The van der Waals surface area contributed by atoms with Gasteiger partial charge in [-0.05, 0) is 41.4 Å². The summed E-state index contributed by atoms with van der Waals surface area (Å²) in [5.41, 5.74) is 0.722. The highest BCUT2D eigenvalue weighted by Gasteiger charge is 2.25. The van der Waals surface area contributed by atoms with E-state index in [1.165, 1.54) is 0 Å². The van der Waals surface area contributed by atoms with Crippen LogP contribution in [0.4, 0.5) is 13.2 Å². The van der Waals surface area contributed by atoms with Gasteiger partial charge in [-0.25, -0.2) is 0 Å². The Kier molecular flexibility index (Phi) is 5.95. The second kappa shape index (κ2) is 6.99. The third-order valence-electron chi connectivity index (χ3n) is 2.45. The number of aromatic hydroxyl groups is 1. The smallest absolute Gasteiger partial charge is 0.389 e. The second-order valence-electron chi connectivity index (χ2n) is 4.00. The topological polar surface area (TPSA) is 32.3 Å². The molecule has 0 fully saturated rings. The molecule has 0 atom stereocenters. The predicted molar refractivity (Wildman–Crippen MR) is 67.4 cm³/mol. The maximum Gasteiger partial charge on any atom is 0.389 e. The lowest BCUT2D eigenvalue weighted by Crippen LogP contribution is -2.16. The van der Waals surface area contributed by atoms with Crippen molar-refractivity contribution < 1.29 is 18.3 Å². The standard InChI is InChI=1S/C12H15BrF3NO/c13-10-5-3-4-9(11(10)18)8-17-7-2-1-6-12(14,15)16/h3-5,17-18H,1-2,6-8H2. The van der Waals surface area contributed by atoms with Gasteiger partial charge in [-0.3, -0.25) is 0 Å². The van der Waals surface area contributed by atoms with Crippen molar-refractivity contribution in [1.82, 2.24) is 5.32 Å². The molecular weight excluding hydrogens is 311 g/mol.